The smallest absolute Gasteiger partial charge is 0.303 e. The van der Waals surface area contributed by atoms with E-state index in [0.29, 0.717) is 19.4 Å². The van der Waals surface area contributed by atoms with Gasteiger partial charge in [-0.2, -0.15) is 0 Å². The van der Waals surface area contributed by atoms with E-state index in [9.17, 15) is 9.59 Å². The summed E-state index contributed by atoms with van der Waals surface area (Å²) in [6.07, 6.45) is 2.88. The fourth-order valence-corrected chi connectivity index (χ4v) is 1.97. The summed E-state index contributed by atoms with van der Waals surface area (Å²) in [5, 5.41) is 11.4. The van der Waals surface area contributed by atoms with Gasteiger partial charge in [0.1, 0.15) is 0 Å². The summed E-state index contributed by atoms with van der Waals surface area (Å²) >= 11 is 0. The van der Waals surface area contributed by atoms with Gasteiger partial charge >= 0.3 is 5.97 Å². The molecule has 0 radical (unpaired) electrons. The molecule has 0 aromatic heterocycles. The van der Waals surface area contributed by atoms with Gasteiger partial charge in [-0.25, -0.2) is 0 Å². The summed E-state index contributed by atoms with van der Waals surface area (Å²) < 4.78 is 0. The highest BCUT2D eigenvalue weighted by Gasteiger charge is 2.03. The van der Waals surface area contributed by atoms with Crippen molar-refractivity contribution in [2.45, 2.75) is 32.1 Å². The highest BCUT2D eigenvalue weighted by molar-refractivity contribution is 5.78. The van der Waals surface area contributed by atoms with Crippen LogP contribution in [0.4, 0.5) is 5.69 Å². The van der Waals surface area contributed by atoms with E-state index in [1.165, 1.54) is 0 Å². The Hall–Kier alpha value is -2.04. The van der Waals surface area contributed by atoms with Crippen molar-refractivity contribution in [2.75, 3.05) is 25.5 Å². The number of carboxylic acids is 1. The van der Waals surface area contributed by atoms with Crippen LogP contribution in [-0.4, -0.2) is 37.6 Å². The topological polar surface area (TPSA) is 69.6 Å². The largest absolute Gasteiger partial charge is 0.481 e. The molecule has 0 bridgehead atoms. The van der Waals surface area contributed by atoms with E-state index in [0.717, 1.165) is 24.1 Å². The Kier molecular flexibility index (Phi) is 7.29. The van der Waals surface area contributed by atoms with E-state index in [4.69, 9.17) is 5.11 Å². The lowest BCUT2D eigenvalue weighted by atomic mass is 10.1. The highest BCUT2D eigenvalue weighted by atomic mass is 16.4. The molecule has 1 aromatic carbocycles. The van der Waals surface area contributed by atoms with Crippen molar-refractivity contribution in [2.24, 2.45) is 0 Å². The number of nitrogens with one attached hydrogen (secondary N) is 1. The third-order valence-electron chi connectivity index (χ3n) is 3.21. The molecule has 5 heteroatoms. The Balaban J connectivity index is 2.20. The van der Waals surface area contributed by atoms with Gasteiger partial charge in [-0.1, -0.05) is 18.6 Å². The average molecular weight is 292 g/mol. The molecular weight excluding hydrogens is 268 g/mol. The lowest BCUT2D eigenvalue weighted by Crippen LogP contribution is -2.26. The van der Waals surface area contributed by atoms with Crippen LogP contribution in [0.2, 0.25) is 0 Å². The number of aliphatic carboxylic acids is 1. The first kappa shape index (κ1) is 17.0. The summed E-state index contributed by atoms with van der Waals surface area (Å²) in [6.45, 7) is 0.605. The van der Waals surface area contributed by atoms with Crippen LogP contribution in [0.15, 0.2) is 24.3 Å². The Labute approximate surface area is 126 Å². The predicted octanol–water partition coefficient (Wildman–Crippen LogP) is 2.06. The highest BCUT2D eigenvalue weighted by Crippen LogP contribution is 2.12. The van der Waals surface area contributed by atoms with Crippen LogP contribution >= 0.6 is 0 Å². The quantitative estimate of drug-likeness (QED) is 0.684. The number of anilines is 1. The molecule has 1 aromatic rings. The summed E-state index contributed by atoms with van der Waals surface area (Å²) in [5.41, 5.74) is 2.10. The lowest BCUT2D eigenvalue weighted by Gasteiger charge is -2.12. The number of amides is 1. The van der Waals surface area contributed by atoms with E-state index >= 15 is 0 Å². The van der Waals surface area contributed by atoms with Crippen molar-refractivity contribution in [3.63, 3.8) is 0 Å². The summed E-state index contributed by atoms with van der Waals surface area (Å²) in [5.74, 6) is -0.758. The maximum Gasteiger partial charge on any atom is 0.303 e. The molecule has 5 nitrogen and oxygen atoms in total. The minimum atomic E-state index is -0.764. The van der Waals surface area contributed by atoms with Crippen LogP contribution in [0, 0.1) is 0 Å². The second kappa shape index (κ2) is 9.00. The zero-order valence-corrected chi connectivity index (χ0v) is 12.8. The third kappa shape index (κ3) is 7.34. The number of carbonyl (C=O) groups excluding carboxylic acids is 1. The minimum absolute atomic E-state index is 0.00541. The lowest BCUT2D eigenvalue weighted by molar-refractivity contribution is -0.137. The third-order valence-corrected chi connectivity index (χ3v) is 3.21. The molecular formula is C16H24N2O3. The van der Waals surface area contributed by atoms with Crippen molar-refractivity contribution in [3.05, 3.63) is 29.8 Å². The first-order valence-electron chi connectivity index (χ1n) is 7.24. The minimum Gasteiger partial charge on any atom is -0.481 e. The standard InChI is InChI=1S/C16H24N2O3/c1-18(2)14-9-7-13(8-10-14)12-15(19)17-11-5-3-4-6-16(20)21/h7-10H,3-6,11-12H2,1-2H3,(H,17,19)(H,20,21). The number of nitrogens with zero attached hydrogens (tertiary/aromatic N) is 1. The maximum atomic E-state index is 11.8. The van der Waals surface area contributed by atoms with Gasteiger partial charge in [-0.3, -0.25) is 9.59 Å². The molecule has 0 saturated heterocycles. The molecule has 0 fully saturated rings. The van der Waals surface area contributed by atoms with Crippen molar-refractivity contribution < 1.29 is 14.7 Å². The monoisotopic (exact) mass is 292 g/mol. The van der Waals surface area contributed by atoms with Crippen LogP contribution < -0.4 is 10.2 Å². The fourth-order valence-electron chi connectivity index (χ4n) is 1.97. The Morgan fingerprint density at radius 1 is 1.10 bits per heavy atom. The molecule has 0 heterocycles. The number of rotatable bonds is 9. The molecule has 1 amide bonds. The van der Waals surface area contributed by atoms with Crippen molar-refractivity contribution in [3.8, 4) is 0 Å². The Bertz CT molecular complexity index is 455. The first-order chi connectivity index (χ1) is 9.99. The van der Waals surface area contributed by atoms with Gasteiger partial charge in [0, 0.05) is 32.7 Å². The number of benzene rings is 1. The molecule has 116 valence electrons. The van der Waals surface area contributed by atoms with Crippen molar-refractivity contribution in [1.82, 2.24) is 5.32 Å². The maximum absolute atomic E-state index is 11.8. The van der Waals surface area contributed by atoms with E-state index in [1.54, 1.807) is 0 Å². The van der Waals surface area contributed by atoms with E-state index in [-0.39, 0.29) is 12.3 Å². The molecule has 21 heavy (non-hydrogen) atoms. The summed E-state index contributed by atoms with van der Waals surface area (Å²) in [6, 6.07) is 7.91. The molecule has 0 aliphatic heterocycles. The van der Waals surface area contributed by atoms with Crippen LogP contribution in [-0.2, 0) is 16.0 Å². The van der Waals surface area contributed by atoms with Gasteiger partial charge in [-0.15, -0.1) is 0 Å². The van der Waals surface area contributed by atoms with Gasteiger partial charge in [0.15, 0.2) is 0 Å². The Morgan fingerprint density at radius 3 is 2.33 bits per heavy atom. The second-order valence-electron chi connectivity index (χ2n) is 5.29. The van der Waals surface area contributed by atoms with E-state index < -0.39 is 5.97 Å². The number of hydrogen-bond donors (Lipinski definition) is 2. The SMILES string of the molecule is CN(C)c1ccc(CC(=O)NCCCCCC(=O)O)cc1. The van der Waals surface area contributed by atoms with Gasteiger partial charge in [-0.05, 0) is 30.5 Å². The number of carbonyl (C=O) groups is 2. The number of carboxylic acid groups (broad SMARTS) is 1. The normalized spacial score (nSPS) is 10.2. The van der Waals surface area contributed by atoms with Gasteiger partial charge in [0.05, 0.1) is 6.42 Å². The second-order valence-corrected chi connectivity index (χ2v) is 5.29. The van der Waals surface area contributed by atoms with Crippen molar-refractivity contribution in [1.29, 1.82) is 0 Å². The number of unbranched alkanes of at least 4 members (excludes halogenated alkanes) is 2. The predicted molar refractivity (Wildman–Crippen MR) is 83.6 cm³/mol. The molecule has 0 spiro atoms. The summed E-state index contributed by atoms with van der Waals surface area (Å²) in [4.78, 5) is 24.1. The van der Waals surface area contributed by atoms with Crippen LogP contribution in [0.5, 0.6) is 0 Å². The zero-order chi connectivity index (χ0) is 15.7. The van der Waals surface area contributed by atoms with Crippen LogP contribution in [0.1, 0.15) is 31.2 Å². The van der Waals surface area contributed by atoms with E-state index in [1.807, 2.05) is 43.3 Å². The molecule has 0 unspecified atom stereocenters. The van der Waals surface area contributed by atoms with Gasteiger partial charge < -0.3 is 15.3 Å². The van der Waals surface area contributed by atoms with Crippen LogP contribution in [0.25, 0.3) is 0 Å². The first-order valence-corrected chi connectivity index (χ1v) is 7.24. The summed E-state index contributed by atoms with van der Waals surface area (Å²) in [7, 11) is 3.96. The van der Waals surface area contributed by atoms with Gasteiger partial charge in [0.25, 0.3) is 0 Å². The zero-order valence-electron chi connectivity index (χ0n) is 12.8. The molecule has 1 rings (SSSR count). The molecule has 0 aliphatic carbocycles. The molecule has 0 saturated carbocycles. The van der Waals surface area contributed by atoms with E-state index in [2.05, 4.69) is 5.32 Å². The van der Waals surface area contributed by atoms with Crippen LogP contribution in [0.3, 0.4) is 0 Å². The Morgan fingerprint density at radius 2 is 1.76 bits per heavy atom. The molecule has 2 N–H and O–H groups in total. The fraction of sp³-hybridized carbons (Fsp3) is 0.500. The molecule has 0 atom stereocenters. The average Bonchev–Trinajstić information content (AvgIpc) is 2.43. The van der Waals surface area contributed by atoms with Gasteiger partial charge in [0.2, 0.25) is 5.91 Å². The number of hydrogen-bond acceptors (Lipinski definition) is 3. The molecule has 0 aliphatic rings. The van der Waals surface area contributed by atoms with Crippen molar-refractivity contribution >= 4 is 17.6 Å².